The molecule has 0 saturated carbocycles. The monoisotopic (exact) mass is 241 g/mol. The van der Waals surface area contributed by atoms with Gasteiger partial charge in [-0.05, 0) is 19.8 Å². The lowest BCUT2D eigenvalue weighted by molar-refractivity contribution is -0.127. The van der Waals surface area contributed by atoms with Crippen molar-refractivity contribution < 1.29 is 9.59 Å². The molecule has 0 aliphatic carbocycles. The van der Waals surface area contributed by atoms with E-state index in [9.17, 15) is 9.59 Å². The molecular formula is C12H23N3O2. The van der Waals surface area contributed by atoms with E-state index < -0.39 is 0 Å². The molecule has 0 bridgehead atoms. The van der Waals surface area contributed by atoms with E-state index in [1.165, 1.54) is 0 Å². The standard InChI is InChI=1S/C6H12N2O.C6H11NO/c1-7-4-3-5-8(2)6(7)9;1-5-3-4-6(8)7(5)2/h3-5H2,1-2H3;5H,3-4H2,1-2H3. The van der Waals surface area contributed by atoms with E-state index in [0.29, 0.717) is 6.04 Å². The van der Waals surface area contributed by atoms with Crippen LogP contribution in [0.2, 0.25) is 0 Å². The van der Waals surface area contributed by atoms with E-state index >= 15 is 0 Å². The third-order valence-electron chi connectivity index (χ3n) is 3.47. The van der Waals surface area contributed by atoms with Crippen molar-refractivity contribution in [2.75, 3.05) is 34.2 Å². The number of rotatable bonds is 0. The first kappa shape index (κ1) is 13.8. The summed E-state index contributed by atoms with van der Waals surface area (Å²) in [5.74, 6) is 0.289. The maximum atomic E-state index is 11.0. The summed E-state index contributed by atoms with van der Waals surface area (Å²) in [4.78, 5) is 27.0. The SMILES string of the molecule is CC1CCC(=O)N1C.CN1CCCN(C)C1=O. The third-order valence-corrected chi connectivity index (χ3v) is 3.47. The van der Waals surface area contributed by atoms with E-state index in [2.05, 4.69) is 6.92 Å². The molecule has 5 heteroatoms. The highest BCUT2D eigenvalue weighted by Crippen LogP contribution is 2.14. The Kier molecular flexibility index (Phi) is 4.78. The first-order valence-electron chi connectivity index (χ1n) is 6.15. The van der Waals surface area contributed by atoms with Gasteiger partial charge >= 0.3 is 6.03 Å². The van der Waals surface area contributed by atoms with Crippen molar-refractivity contribution in [3.05, 3.63) is 0 Å². The van der Waals surface area contributed by atoms with Crippen molar-refractivity contribution >= 4 is 11.9 Å². The van der Waals surface area contributed by atoms with Crippen molar-refractivity contribution in [2.45, 2.75) is 32.2 Å². The Bertz CT molecular complexity index is 281. The van der Waals surface area contributed by atoms with Crippen LogP contribution in [0.1, 0.15) is 26.2 Å². The minimum absolute atomic E-state index is 0.140. The Labute approximate surface area is 103 Å². The van der Waals surface area contributed by atoms with Gasteiger partial charge in [0.25, 0.3) is 0 Å². The van der Waals surface area contributed by atoms with Crippen LogP contribution >= 0.6 is 0 Å². The number of hydrogen-bond donors (Lipinski definition) is 0. The van der Waals surface area contributed by atoms with Gasteiger partial charge in [-0.1, -0.05) is 0 Å². The predicted octanol–water partition coefficient (Wildman–Crippen LogP) is 1.00. The Balaban J connectivity index is 0.000000171. The minimum Gasteiger partial charge on any atom is -0.343 e. The maximum absolute atomic E-state index is 11.0. The van der Waals surface area contributed by atoms with E-state index in [0.717, 1.165) is 32.4 Å². The van der Waals surface area contributed by atoms with Crippen LogP contribution in [-0.2, 0) is 4.79 Å². The first-order chi connectivity index (χ1) is 7.93. The molecule has 2 aliphatic rings. The number of carbonyl (C=O) groups is 2. The maximum Gasteiger partial charge on any atom is 0.319 e. The Morgan fingerprint density at radius 1 is 1.06 bits per heavy atom. The molecule has 2 heterocycles. The molecule has 0 aromatic carbocycles. The van der Waals surface area contributed by atoms with Gasteiger partial charge in [-0.25, -0.2) is 4.79 Å². The molecule has 0 radical (unpaired) electrons. The molecule has 1 unspecified atom stereocenters. The molecule has 1 atom stereocenters. The van der Waals surface area contributed by atoms with Crippen LogP contribution in [0, 0.1) is 0 Å². The van der Waals surface area contributed by atoms with Crippen LogP contribution in [0.3, 0.4) is 0 Å². The van der Waals surface area contributed by atoms with E-state index in [4.69, 9.17) is 0 Å². The van der Waals surface area contributed by atoms with Crippen molar-refractivity contribution in [2.24, 2.45) is 0 Å². The fourth-order valence-electron chi connectivity index (χ4n) is 1.98. The minimum atomic E-state index is 0.140. The molecule has 3 amide bonds. The lowest BCUT2D eigenvalue weighted by Gasteiger charge is -2.30. The summed E-state index contributed by atoms with van der Waals surface area (Å²) in [6.07, 6.45) is 2.88. The summed E-state index contributed by atoms with van der Waals surface area (Å²) in [5, 5.41) is 0. The Morgan fingerprint density at radius 2 is 1.59 bits per heavy atom. The molecule has 17 heavy (non-hydrogen) atoms. The molecule has 2 aliphatic heterocycles. The fourth-order valence-corrected chi connectivity index (χ4v) is 1.98. The highest BCUT2D eigenvalue weighted by atomic mass is 16.2. The average molecular weight is 241 g/mol. The van der Waals surface area contributed by atoms with Gasteiger partial charge in [0, 0.05) is 46.7 Å². The highest BCUT2D eigenvalue weighted by molar-refractivity contribution is 5.78. The Hall–Kier alpha value is -1.26. The number of nitrogens with zero attached hydrogens (tertiary/aromatic N) is 3. The lowest BCUT2D eigenvalue weighted by Crippen LogP contribution is -2.44. The molecule has 98 valence electrons. The summed E-state index contributed by atoms with van der Waals surface area (Å²) in [5.41, 5.74) is 0. The van der Waals surface area contributed by atoms with Crippen LogP contribution in [0.15, 0.2) is 0 Å². The second-order valence-electron chi connectivity index (χ2n) is 4.87. The molecule has 0 N–H and O–H groups in total. The first-order valence-corrected chi connectivity index (χ1v) is 6.15. The van der Waals surface area contributed by atoms with Crippen molar-refractivity contribution in [3.63, 3.8) is 0 Å². The second kappa shape index (κ2) is 5.89. The van der Waals surface area contributed by atoms with Gasteiger partial charge in [-0.15, -0.1) is 0 Å². The summed E-state index contributed by atoms with van der Waals surface area (Å²) in [7, 11) is 5.52. The van der Waals surface area contributed by atoms with E-state index in [-0.39, 0.29) is 11.9 Å². The zero-order valence-corrected chi connectivity index (χ0v) is 11.3. The van der Waals surface area contributed by atoms with Gasteiger partial charge in [0.1, 0.15) is 0 Å². The highest BCUT2D eigenvalue weighted by Gasteiger charge is 2.22. The van der Waals surface area contributed by atoms with Gasteiger partial charge < -0.3 is 14.7 Å². The number of urea groups is 1. The topological polar surface area (TPSA) is 43.9 Å². The normalized spacial score (nSPS) is 24.9. The zero-order chi connectivity index (χ0) is 13.0. The van der Waals surface area contributed by atoms with E-state index in [1.807, 2.05) is 21.1 Å². The zero-order valence-electron chi connectivity index (χ0n) is 11.3. The number of carbonyl (C=O) groups excluding carboxylic acids is 2. The lowest BCUT2D eigenvalue weighted by atomic mass is 10.2. The van der Waals surface area contributed by atoms with Gasteiger partial charge in [0.15, 0.2) is 0 Å². The van der Waals surface area contributed by atoms with Gasteiger partial charge in [-0.3, -0.25) is 4.79 Å². The van der Waals surface area contributed by atoms with Crippen LogP contribution in [0.25, 0.3) is 0 Å². The quantitative estimate of drug-likeness (QED) is 0.635. The van der Waals surface area contributed by atoms with Crippen LogP contribution < -0.4 is 0 Å². The predicted molar refractivity (Wildman–Crippen MR) is 66.7 cm³/mol. The molecular weight excluding hydrogens is 218 g/mol. The Morgan fingerprint density at radius 3 is 1.82 bits per heavy atom. The second-order valence-corrected chi connectivity index (χ2v) is 4.87. The summed E-state index contributed by atoms with van der Waals surface area (Å²) >= 11 is 0. The molecule has 2 saturated heterocycles. The number of amides is 3. The number of likely N-dealkylation sites (tertiary alicyclic amines) is 1. The molecule has 0 spiro atoms. The van der Waals surface area contributed by atoms with Gasteiger partial charge in [-0.2, -0.15) is 0 Å². The molecule has 2 fully saturated rings. The van der Waals surface area contributed by atoms with Crippen molar-refractivity contribution in [3.8, 4) is 0 Å². The molecule has 0 aromatic rings. The van der Waals surface area contributed by atoms with Crippen molar-refractivity contribution in [1.82, 2.24) is 14.7 Å². The fraction of sp³-hybridized carbons (Fsp3) is 0.833. The molecule has 5 nitrogen and oxygen atoms in total. The largest absolute Gasteiger partial charge is 0.343 e. The van der Waals surface area contributed by atoms with Crippen LogP contribution in [0.4, 0.5) is 4.79 Å². The summed E-state index contributed by atoms with van der Waals surface area (Å²) < 4.78 is 0. The molecule has 0 aromatic heterocycles. The summed E-state index contributed by atoms with van der Waals surface area (Å²) in [6.45, 7) is 3.89. The van der Waals surface area contributed by atoms with Crippen LogP contribution in [-0.4, -0.2) is 66.9 Å². The van der Waals surface area contributed by atoms with Gasteiger partial charge in [0.05, 0.1) is 0 Å². The van der Waals surface area contributed by atoms with Gasteiger partial charge in [0.2, 0.25) is 5.91 Å². The third kappa shape index (κ3) is 3.61. The average Bonchev–Trinajstić information content (AvgIpc) is 2.58. The van der Waals surface area contributed by atoms with Crippen molar-refractivity contribution in [1.29, 1.82) is 0 Å². The summed E-state index contributed by atoms with van der Waals surface area (Å²) in [6, 6.07) is 0.615. The van der Waals surface area contributed by atoms with Crippen LogP contribution in [0.5, 0.6) is 0 Å². The smallest absolute Gasteiger partial charge is 0.319 e. The van der Waals surface area contributed by atoms with E-state index in [1.54, 1.807) is 14.7 Å². The molecule has 2 rings (SSSR count). The number of hydrogen-bond acceptors (Lipinski definition) is 2.